The van der Waals surface area contributed by atoms with Gasteiger partial charge in [-0.1, -0.05) is 18.2 Å². The van der Waals surface area contributed by atoms with E-state index in [9.17, 15) is 4.39 Å². The number of pyridine rings is 1. The average molecular weight is 531 g/mol. The molecule has 0 radical (unpaired) electrons. The number of benzene rings is 1. The van der Waals surface area contributed by atoms with Crippen LogP contribution in [0, 0.1) is 25.5 Å². The Labute approximate surface area is 218 Å². The molecule has 0 spiro atoms. The number of anilines is 1. The molecule has 37 heavy (non-hydrogen) atoms. The molecule has 1 aromatic carbocycles. The molecule has 0 aliphatic rings. The van der Waals surface area contributed by atoms with Crippen molar-refractivity contribution in [1.29, 1.82) is 0 Å². The first-order chi connectivity index (χ1) is 17.4. The summed E-state index contributed by atoms with van der Waals surface area (Å²) in [5.41, 5.74) is 18.1. The Bertz CT molecular complexity index is 1390. The van der Waals surface area contributed by atoms with Gasteiger partial charge in [0.2, 0.25) is 5.95 Å². The van der Waals surface area contributed by atoms with Crippen molar-refractivity contribution >= 4 is 23.4 Å². The molecule has 0 bridgehead atoms. The highest BCUT2D eigenvalue weighted by Crippen LogP contribution is 2.30. The minimum absolute atomic E-state index is 0.0141. The van der Waals surface area contributed by atoms with E-state index in [4.69, 9.17) is 28.9 Å². The summed E-state index contributed by atoms with van der Waals surface area (Å²) in [6.45, 7) is 9.51. The van der Waals surface area contributed by atoms with Crippen LogP contribution in [0.25, 0.3) is 11.1 Å². The molecule has 0 fully saturated rings. The number of allylic oxidation sites excluding steroid dienone is 1. The number of hydrogen-bond acceptors (Lipinski definition) is 8. The van der Waals surface area contributed by atoms with Gasteiger partial charge in [-0.15, -0.1) is 5.10 Å². The van der Waals surface area contributed by atoms with Crippen LogP contribution in [-0.2, 0) is 6.54 Å². The van der Waals surface area contributed by atoms with Crippen LogP contribution in [0.2, 0.25) is 5.02 Å². The van der Waals surface area contributed by atoms with Crippen LogP contribution in [-0.4, -0.2) is 32.6 Å². The van der Waals surface area contributed by atoms with Crippen LogP contribution >= 0.6 is 11.6 Å². The molecular formula is C24H29ClF2N10. The second-order valence-electron chi connectivity index (χ2n) is 8.26. The highest BCUT2D eigenvalue weighted by Gasteiger charge is 2.19. The second kappa shape index (κ2) is 11.3. The summed E-state index contributed by atoms with van der Waals surface area (Å²) in [4.78, 5) is 8.71. The van der Waals surface area contributed by atoms with Crippen molar-refractivity contribution in [2.45, 2.75) is 27.3 Å². The monoisotopic (exact) mass is 530 g/mol. The molecule has 2 aromatic heterocycles. The fourth-order valence-corrected chi connectivity index (χ4v) is 3.58. The molecule has 13 heteroatoms. The molecule has 0 saturated heterocycles. The molecule has 8 N–H and O–H groups in total. The molecule has 3 aromatic rings. The maximum absolute atomic E-state index is 15.1. The van der Waals surface area contributed by atoms with Gasteiger partial charge < -0.3 is 16.8 Å². The average Bonchev–Trinajstić information content (AvgIpc) is 3.09. The van der Waals surface area contributed by atoms with Crippen molar-refractivity contribution in [2.24, 2.45) is 22.4 Å². The van der Waals surface area contributed by atoms with Gasteiger partial charge in [-0.25, -0.2) is 29.4 Å². The third-order valence-corrected chi connectivity index (χ3v) is 5.75. The number of hydrogen-bond donors (Lipinski definition) is 5. The molecule has 3 rings (SSSR count). The Morgan fingerprint density at radius 1 is 1.27 bits per heavy atom. The molecule has 10 nitrogen and oxygen atoms in total. The van der Waals surface area contributed by atoms with Crippen molar-refractivity contribution in [3.05, 3.63) is 87.7 Å². The topological polar surface area (TPSA) is 148 Å². The summed E-state index contributed by atoms with van der Waals surface area (Å²) in [7, 11) is 1.43. The standard InChI is InChI=1S/C24H29ClF2N10/c1-12(9-28)13(2)34-37-15(4)14(3)33-24(37)32-11-21-19(26)6-16(10-31-21)18-7-17(25)8-20(27)22(18)23(29)35-36(5)30/h6-10,34H,2,11,28,30H2,1,3-5H3,(H2,29,35)(H,32,33)/b12-9+. The summed E-state index contributed by atoms with van der Waals surface area (Å²) in [5, 5.41) is 7.96. The zero-order valence-electron chi connectivity index (χ0n) is 20.9. The smallest absolute Gasteiger partial charge is 0.222 e. The van der Waals surface area contributed by atoms with Gasteiger partial charge in [-0.2, -0.15) is 0 Å². The molecule has 0 amide bonds. The zero-order chi connectivity index (χ0) is 27.4. The number of nitrogens with one attached hydrogen (secondary N) is 2. The number of rotatable bonds is 9. The van der Waals surface area contributed by atoms with Crippen molar-refractivity contribution in [3.8, 4) is 11.1 Å². The molecule has 2 heterocycles. The van der Waals surface area contributed by atoms with Gasteiger partial charge >= 0.3 is 0 Å². The van der Waals surface area contributed by atoms with E-state index < -0.39 is 11.6 Å². The molecule has 0 aliphatic heterocycles. The van der Waals surface area contributed by atoms with Crippen LogP contribution in [0.1, 0.15) is 29.6 Å². The van der Waals surface area contributed by atoms with E-state index in [1.54, 1.807) is 4.68 Å². The van der Waals surface area contributed by atoms with Gasteiger partial charge in [0.25, 0.3) is 0 Å². The number of hydrazine groups is 1. The number of halogens is 3. The molecule has 0 saturated carbocycles. The van der Waals surface area contributed by atoms with Crippen LogP contribution in [0.15, 0.2) is 53.5 Å². The number of aromatic nitrogens is 3. The fraction of sp³-hybridized carbons (Fsp3) is 0.208. The van der Waals surface area contributed by atoms with Crippen molar-refractivity contribution in [1.82, 2.24) is 19.8 Å². The minimum atomic E-state index is -0.733. The lowest BCUT2D eigenvalue weighted by Crippen LogP contribution is -2.26. The van der Waals surface area contributed by atoms with Crippen LogP contribution in [0.3, 0.4) is 0 Å². The third-order valence-electron chi connectivity index (χ3n) is 5.54. The van der Waals surface area contributed by atoms with Crippen molar-refractivity contribution in [2.75, 3.05) is 17.8 Å². The van der Waals surface area contributed by atoms with E-state index in [2.05, 4.69) is 32.4 Å². The van der Waals surface area contributed by atoms with Crippen LogP contribution in [0.4, 0.5) is 14.7 Å². The number of nitrogens with two attached hydrogens (primary N) is 3. The second-order valence-corrected chi connectivity index (χ2v) is 8.69. The van der Waals surface area contributed by atoms with E-state index in [-0.39, 0.29) is 39.8 Å². The quantitative estimate of drug-likeness (QED) is 0.0928. The largest absolute Gasteiger partial charge is 0.404 e. The number of imidazole rings is 1. The normalized spacial score (nSPS) is 12.0. The summed E-state index contributed by atoms with van der Waals surface area (Å²) in [5.74, 6) is 4.37. The number of amidine groups is 1. The minimum Gasteiger partial charge on any atom is -0.404 e. The maximum Gasteiger partial charge on any atom is 0.222 e. The molecule has 0 aliphatic carbocycles. The lowest BCUT2D eigenvalue weighted by Gasteiger charge is -2.16. The predicted molar refractivity (Wildman–Crippen MR) is 143 cm³/mol. The molecule has 196 valence electrons. The van der Waals surface area contributed by atoms with E-state index in [0.717, 1.165) is 28.1 Å². The molecular weight excluding hydrogens is 502 g/mol. The number of aryl methyl sites for hydroxylation is 1. The van der Waals surface area contributed by atoms with E-state index in [1.165, 1.54) is 31.6 Å². The SMILES string of the molecule is C=C(Nn1c(NCc2ncc(-c3cc(Cl)cc(F)c3/C(N)=N/N(C)N)cc2F)nc(C)c1C)/C(C)=C/N. The predicted octanol–water partition coefficient (Wildman–Crippen LogP) is 3.45. The zero-order valence-corrected chi connectivity index (χ0v) is 21.7. The Kier molecular flexibility index (Phi) is 8.35. The molecule has 0 atom stereocenters. The van der Waals surface area contributed by atoms with Crippen LogP contribution in [0.5, 0.6) is 0 Å². The van der Waals surface area contributed by atoms with E-state index >= 15 is 4.39 Å². The summed E-state index contributed by atoms with van der Waals surface area (Å²) < 4.78 is 31.6. The first kappa shape index (κ1) is 27.4. The number of hydrazone groups is 1. The fourth-order valence-electron chi connectivity index (χ4n) is 3.38. The van der Waals surface area contributed by atoms with Gasteiger partial charge in [-0.3, -0.25) is 10.4 Å². The Hall–Kier alpha value is -4.16. The highest BCUT2D eigenvalue weighted by molar-refractivity contribution is 6.31. The maximum atomic E-state index is 15.1. The van der Waals surface area contributed by atoms with Crippen LogP contribution < -0.4 is 28.1 Å². The summed E-state index contributed by atoms with van der Waals surface area (Å²) >= 11 is 6.05. The van der Waals surface area contributed by atoms with Gasteiger partial charge in [0.15, 0.2) is 5.84 Å². The summed E-state index contributed by atoms with van der Waals surface area (Å²) in [6, 6.07) is 3.75. The van der Waals surface area contributed by atoms with Gasteiger partial charge in [-0.05, 0) is 56.3 Å². The highest BCUT2D eigenvalue weighted by atomic mass is 35.5. The van der Waals surface area contributed by atoms with Gasteiger partial charge in [0, 0.05) is 23.8 Å². The first-order valence-electron chi connectivity index (χ1n) is 11.0. The summed E-state index contributed by atoms with van der Waals surface area (Å²) in [6.07, 6.45) is 2.83. The lowest BCUT2D eigenvalue weighted by molar-refractivity contribution is 0.371. The van der Waals surface area contributed by atoms with Gasteiger partial charge in [0.05, 0.1) is 34.9 Å². The third kappa shape index (κ3) is 6.16. The Morgan fingerprint density at radius 2 is 1.97 bits per heavy atom. The van der Waals surface area contributed by atoms with Crippen molar-refractivity contribution in [3.63, 3.8) is 0 Å². The van der Waals surface area contributed by atoms with E-state index in [1.807, 2.05) is 20.8 Å². The van der Waals surface area contributed by atoms with Gasteiger partial charge in [0.1, 0.15) is 11.6 Å². The molecule has 0 unspecified atom stereocenters. The number of nitrogens with zero attached hydrogens (tertiary/aromatic N) is 5. The Balaban J connectivity index is 1.91. The van der Waals surface area contributed by atoms with Crippen molar-refractivity contribution < 1.29 is 8.78 Å². The Morgan fingerprint density at radius 3 is 2.59 bits per heavy atom. The lowest BCUT2D eigenvalue weighted by atomic mass is 9.99. The first-order valence-corrected chi connectivity index (χ1v) is 11.4. The van der Waals surface area contributed by atoms with E-state index in [0.29, 0.717) is 11.6 Å².